The van der Waals surface area contributed by atoms with Crippen LogP contribution in [0, 0.1) is 0 Å². The lowest BCUT2D eigenvalue weighted by atomic mass is 9.81. The molecule has 1 aliphatic rings. The molecular formula is C34H24N2. The van der Waals surface area contributed by atoms with E-state index in [0.29, 0.717) is 0 Å². The van der Waals surface area contributed by atoms with Crippen molar-refractivity contribution in [1.82, 2.24) is 9.38 Å². The molecule has 5 aromatic carbocycles. The summed E-state index contributed by atoms with van der Waals surface area (Å²) in [4.78, 5) is 5.10. The number of rotatable bonds is 1. The summed E-state index contributed by atoms with van der Waals surface area (Å²) in [7, 11) is 0. The van der Waals surface area contributed by atoms with Crippen LogP contribution in [0.4, 0.5) is 0 Å². The first-order valence-corrected chi connectivity index (χ1v) is 12.6. The largest absolute Gasteiger partial charge is 0.292 e. The number of fused-ring (bicyclic) bond motifs is 11. The lowest BCUT2D eigenvalue weighted by Gasteiger charge is -2.22. The molecule has 0 amide bonds. The molecule has 0 radical (unpaired) electrons. The molecule has 8 rings (SSSR count). The van der Waals surface area contributed by atoms with Gasteiger partial charge in [-0.1, -0.05) is 92.7 Å². The molecule has 170 valence electrons. The van der Waals surface area contributed by atoms with Crippen molar-refractivity contribution in [2.45, 2.75) is 19.3 Å². The Kier molecular flexibility index (Phi) is 3.76. The predicted octanol–water partition coefficient (Wildman–Crippen LogP) is 8.77. The molecule has 2 heteroatoms. The van der Waals surface area contributed by atoms with Gasteiger partial charge in [-0.2, -0.15) is 0 Å². The SMILES string of the molecule is CC1(C)c2ccccc2-c2ccc(-c3ccc4c5ccccc5n5c6ccccc6nc5c4c3)cc21. The number of para-hydroxylation sites is 3. The standard InChI is InChI=1S/C34H24N2/c1-34(2)28-11-5-3-9-24(28)25-18-16-22(20-29(25)34)21-15-17-23-26-10-4-7-13-31(26)36-32-14-8-6-12-30(32)35-33(36)27(23)19-21/h3-20H,1-2H3. The van der Waals surface area contributed by atoms with Crippen molar-refractivity contribution >= 4 is 38.4 Å². The maximum Gasteiger partial charge on any atom is 0.146 e. The van der Waals surface area contributed by atoms with Gasteiger partial charge in [0.15, 0.2) is 0 Å². The lowest BCUT2D eigenvalue weighted by Crippen LogP contribution is -2.14. The smallest absolute Gasteiger partial charge is 0.146 e. The molecule has 1 aliphatic carbocycles. The van der Waals surface area contributed by atoms with Crippen molar-refractivity contribution < 1.29 is 0 Å². The minimum absolute atomic E-state index is 0.0108. The van der Waals surface area contributed by atoms with Crippen LogP contribution in [-0.2, 0) is 5.41 Å². The van der Waals surface area contributed by atoms with Gasteiger partial charge in [0, 0.05) is 16.2 Å². The Morgan fingerprint density at radius 2 is 1.25 bits per heavy atom. The zero-order valence-electron chi connectivity index (χ0n) is 20.3. The summed E-state index contributed by atoms with van der Waals surface area (Å²) >= 11 is 0. The number of hydrogen-bond acceptors (Lipinski definition) is 1. The minimum Gasteiger partial charge on any atom is -0.292 e. The highest BCUT2D eigenvalue weighted by Crippen LogP contribution is 2.49. The number of hydrogen-bond donors (Lipinski definition) is 0. The summed E-state index contributed by atoms with van der Waals surface area (Å²) in [5, 5.41) is 3.68. The van der Waals surface area contributed by atoms with E-state index < -0.39 is 0 Å². The number of imidazole rings is 1. The summed E-state index contributed by atoms with van der Waals surface area (Å²) in [6, 6.07) is 39.8. The highest BCUT2D eigenvalue weighted by molar-refractivity contribution is 6.14. The van der Waals surface area contributed by atoms with Crippen LogP contribution >= 0.6 is 0 Å². The molecule has 0 N–H and O–H groups in total. The zero-order chi connectivity index (χ0) is 24.0. The van der Waals surface area contributed by atoms with Gasteiger partial charge in [-0.15, -0.1) is 0 Å². The zero-order valence-corrected chi connectivity index (χ0v) is 20.3. The third-order valence-electron chi connectivity index (χ3n) is 8.17. The van der Waals surface area contributed by atoms with Crippen LogP contribution in [0.5, 0.6) is 0 Å². The van der Waals surface area contributed by atoms with Crippen LogP contribution < -0.4 is 0 Å². The highest BCUT2D eigenvalue weighted by Gasteiger charge is 2.35. The fourth-order valence-corrected chi connectivity index (χ4v) is 6.37. The second-order valence-corrected chi connectivity index (χ2v) is 10.5. The van der Waals surface area contributed by atoms with Crippen LogP contribution in [0.3, 0.4) is 0 Å². The predicted molar refractivity (Wildman–Crippen MR) is 151 cm³/mol. The fraction of sp³-hybridized carbons (Fsp3) is 0.0882. The third kappa shape index (κ3) is 2.48. The quantitative estimate of drug-likeness (QED) is 0.224. The van der Waals surface area contributed by atoms with E-state index >= 15 is 0 Å². The minimum atomic E-state index is -0.0108. The lowest BCUT2D eigenvalue weighted by molar-refractivity contribution is 0.660. The Morgan fingerprint density at radius 3 is 2.17 bits per heavy atom. The van der Waals surface area contributed by atoms with E-state index in [0.717, 1.165) is 16.7 Å². The summed E-state index contributed by atoms with van der Waals surface area (Å²) in [6.07, 6.45) is 0. The van der Waals surface area contributed by atoms with Crippen molar-refractivity contribution in [3.63, 3.8) is 0 Å². The van der Waals surface area contributed by atoms with Gasteiger partial charge in [0.1, 0.15) is 5.65 Å². The first-order valence-electron chi connectivity index (χ1n) is 12.6. The van der Waals surface area contributed by atoms with Gasteiger partial charge in [0.25, 0.3) is 0 Å². The molecule has 36 heavy (non-hydrogen) atoms. The van der Waals surface area contributed by atoms with E-state index in [9.17, 15) is 0 Å². The molecular weight excluding hydrogens is 436 g/mol. The van der Waals surface area contributed by atoms with E-state index in [1.54, 1.807) is 0 Å². The number of benzene rings is 5. The summed E-state index contributed by atoms with van der Waals surface area (Å²) < 4.78 is 2.32. The third-order valence-corrected chi connectivity index (χ3v) is 8.17. The van der Waals surface area contributed by atoms with E-state index in [-0.39, 0.29) is 5.41 Å². The van der Waals surface area contributed by atoms with Crippen LogP contribution in [0.2, 0.25) is 0 Å². The Morgan fingerprint density at radius 1 is 0.556 bits per heavy atom. The van der Waals surface area contributed by atoms with Crippen molar-refractivity contribution in [3.05, 3.63) is 120 Å². The molecule has 0 spiro atoms. The van der Waals surface area contributed by atoms with E-state index in [2.05, 4.69) is 127 Å². The molecule has 0 unspecified atom stereocenters. The molecule has 0 aliphatic heterocycles. The van der Waals surface area contributed by atoms with Gasteiger partial charge in [-0.3, -0.25) is 4.40 Å². The average molecular weight is 461 g/mol. The molecule has 0 saturated heterocycles. The van der Waals surface area contributed by atoms with Crippen LogP contribution in [0.15, 0.2) is 109 Å². The van der Waals surface area contributed by atoms with Gasteiger partial charge in [-0.25, -0.2) is 4.98 Å². The summed E-state index contributed by atoms with van der Waals surface area (Å²) in [6.45, 7) is 4.68. The maximum absolute atomic E-state index is 5.10. The molecule has 2 heterocycles. The van der Waals surface area contributed by atoms with Crippen LogP contribution in [-0.4, -0.2) is 9.38 Å². The fourth-order valence-electron chi connectivity index (χ4n) is 6.37. The molecule has 2 nitrogen and oxygen atoms in total. The van der Waals surface area contributed by atoms with E-state index in [1.807, 2.05) is 0 Å². The molecule has 2 aromatic heterocycles. The van der Waals surface area contributed by atoms with Gasteiger partial charge >= 0.3 is 0 Å². The van der Waals surface area contributed by atoms with E-state index in [1.165, 1.54) is 55.1 Å². The first kappa shape index (κ1) is 19.8. The second kappa shape index (κ2) is 6.83. The number of pyridine rings is 1. The summed E-state index contributed by atoms with van der Waals surface area (Å²) in [5.41, 5.74) is 12.4. The van der Waals surface area contributed by atoms with Crippen molar-refractivity contribution in [2.75, 3.05) is 0 Å². The maximum atomic E-state index is 5.10. The first-order chi connectivity index (χ1) is 17.6. The second-order valence-electron chi connectivity index (χ2n) is 10.5. The molecule has 0 saturated carbocycles. The summed E-state index contributed by atoms with van der Waals surface area (Å²) in [5.74, 6) is 0. The Hall–Kier alpha value is -4.43. The number of nitrogens with zero attached hydrogens (tertiary/aromatic N) is 2. The van der Waals surface area contributed by atoms with Crippen molar-refractivity contribution in [1.29, 1.82) is 0 Å². The van der Waals surface area contributed by atoms with Crippen molar-refractivity contribution in [2.24, 2.45) is 0 Å². The van der Waals surface area contributed by atoms with Gasteiger partial charge in [0.05, 0.1) is 16.6 Å². The van der Waals surface area contributed by atoms with Crippen LogP contribution in [0.1, 0.15) is 25.0 Å². The van der Waals surface area contributed by atoms with Gasteiger partial charge < -0.3 is 0 Å². The van der Waals surface area contributed by atoms with Crippen molar-refractivity contribution in [3.8, 4) is 22.3 Å². The average Bonchev–Trinajstić information content (AvgIpc) is 3.42. The molecule has 0 fully saturated rings. The number of aromatic nitrogens is 2. The van der Waals surface area contributed by atoms with Crippen LogP contribution in [0.25, 0.3) is 60.6 Å². The van der Waals surface area contributed by atoms with E-state index in [4.69, 9.17) is 4.98 Å². The topological polar surface area (TPSA) is 17.3 Å². The molecule has 0 bridgehead atoms. The van der Waals surface area contributed by atoms with Gasteiger partial charge in [0.2, 0.25) is 0 Å². The molecule has 0 atom stereocenters. The highest BCUT2D eigenvalue weighted by atomic mass is 15.0. The van der Waals surface area contributed by atoms with Gasteiger partial charge in [-0.05, 0) is 69.1 Å². The Bertz CT molecular complexity index is 2020. The monoisotopic (exact) mass is 460 g/mol. The normalized spacial score (nSPS) is 14.1. The Labute approximate surface area is 209 Å². The molecule has 7 aromatic rings. The Balaban J connectivity index is 1.42.